The first-order chi connectivity index (χ1) is 12.4. The molecule has 0 unspecified atom stereocenters. The fourth-order valence-corrected chi connectivity index (χ4v) is 2.12. The highest BCUT2D eigenvalue weighted by molar-refractivity contribution is 5.77. The van der Waals surface area contributed by atoms with Gasteiger partial charge in [0.05, 0.1) is 9.85 Å². The van der Waals surface area contributed by atoms with Crippen LogP contribution in [0.25, 0.3) is 6.08 Å². The van der Waals surface area contributed by atoms with Gasteiger partial charge in [-0.05, 0) is 11.6 Å². The fourth-order valence-electron chi connectivity index (χ4n) is 2.12. The van der Waals surface area contributed by atoms with Crippen LogP contribution in [-0.4, -0.2) is 15.8 Å². The number of rotatable bonds is 7. The topological polar surface area (TPSA) is 122 Å². The molecule has 0 aromatic heterocycles. The van der Waals surface area contributed by atoms with Crippen LogP contribution in [0.3, 0.4) is 0 Å². The second kappa shape index (κ2) is 8.38. The van der Waals surface area contributed by atoms with E-state index >= 15 is 0 Å². The number of benzene rings is 2. The maximum absolute atomic E-state index is 11.4. The normalized spacial score (nSPS) is 10.5. The van der Waals surface area contributed by atoms with Gasteiger partial charge in [-0.25, -0.2) is 0 Å². The number of carbonyl (C=O) groups excluding carboxylic acids is 1. The summed E-state index contributed by atoms with van der Waals surface area (Å²) in [5, 5.41) is 21.8. The van der Waals surface area contributed by atoms with E-state index in [1.165, 1.54) is 6.07 Å². The second-order valence-corrected chi connectivity index (χ2v) is 5.05. The Morgan fingerprint density at radius 2 is 1.81 bits per heavy atom. The first-order valence-electron chi connectivity index (χ1n) is 7.36. The molecule has 0 bridgehead atoms. The minimum atomic E-state index is -0.779. The summed E-state index contributed by atoms with van der Waals surface area (Å²) in [7, 11) is 0. The van der Waals surface area contributed by atoms with Crippen molar-refractivity contribution in [1.29, 1.82) is 0 Å². The molecule has 134 valence electrons. The van der Waals surface area contributed by atoms with Crippen LogP contribution in [0.1, 0.15) is 18.1 Å². The van der Waals surface area contributed by atoms with Crippen LogP contribution < -0.4 is 9.47 Å². The number of nitrogens with zero attached hydrogens (tertiary/aromatic N) is 2. The van der Waals surface area contributed by atoms with E-state index in [0.29, 0.717) is 6.20 Å². The number of nitro groups is 2. The summed E-state index contributed by atoms with van der Waals surface area (Å²) in [6.45, 7) is 1.23. The van der Waals surface area contributed by atoms with Crippen molar-refractivity contribution in [3.8, 4) is 11.5 Å². The highest BCUT2D eigenvalue weighted by atomic mass is 16.6. The summed E-state index contributed by atoms with van der Waals surface area (Å²) in [6, 6.07) is 11.5. The number of hydrogen-bond acceptors (Lipinski definition) is 7. The standard InChI is InChI=1S/C17H14N2O7/c1-12(20)26-17-14(9-10-18(21)22)15(19(23)24)7-8-16(17)25-11-13-5-3-2-4-6-13/h2-10H,11H2,1H3/b10-9+. The van der Waals surface area contributed by atoms with Gasteiger partial charge in [-0.2, -0.15) is 0 Å². The monoisotopic (exact) mass is 358 g/mol. The highest BCUT2D eigenvalue weighted by Crippen LogP contribution is 2.39. The van der Waals surface area contributed by atoms with Gasteiger partial charge in [0.1, 0.15) is 12.2 Å². The molecule has 26 heavy (non-hydrogen) atoms. The highest BCUT2D eigenvalue weighted by Gasteiger charge is 2.23. The number of carbonyl (C=O) groups is 1. The first-order valence-corrected chi connectivity index (χ1v) is 7.36. The van der Waals surface area contributed by atoms with Gasteiger partial charge in [-0.1, -0.05) is 30.3 Å². The largest absolute Gasteiger partial charge is 0.485 e. The van der Waals surface area contributed by atoms with Crippen LogP contribution in [0.2, 0.25) is 0 Å². The number of ether oxygens (including phenoxy) is 2. The molecule has 0 amide bonds. The Morgan fingerprint density at radius 1 is 1.12 bits per heavy atom. The minimum absolute atomic E-state index is 0.0534. The van der Waals surface area contributed by atoms with Gasteiger partial charge in [0.2, 0.25) is 6.20 Å². The van der Waals surface area contributed by atoms with E-state index in [9.17, 15) is 25.0 Å². The van der Waals surface area contributed by atoms with Crippen molar-refractivity contribution < 1.29 is 24.1 Å². The molecule has 2 aromatic rings. The van der Waals surface area contributed by atoms with Gasteiger partial charge in [0.25, 0.3) is 5.69 Å². The van der Waals surface area contributed by atoms with Crippen molar-refractivity contribution in [2.24, 2.45) is 0 Å². The number of esters is 1. The summed E-state index contributed by atoms with van der Waals surface area (Å²) in [5.41, 5.74) is 0.140. The van der Waals surface area contributed by atoms with Crippen LogP contribution in [0.15, 0.2) is 48.7 Å². The van der Waals surface area contributed by atoms with Gasteiger partial charge in [-0.3, -0.25) is 25.0 Å². The molecule has 0 atom stereocenters. The average molecular weight is 358 g/mol. The number of nitro benzene ring substituents is 1. The lowest BCUT2D eigenvalue weighted by Crippen LogP contribution is -2.07. The summed E-state index contributed by atoms with van der Waals surface area (Å²) in [4.78, 5) is 31.7. The smallest absolute Gasteiger partial charge is 0.308 e. The van der Waals surface area contributed by atoms with Crippen molar-refractivity contribution >= 4 is 17.7 Å². The third-order valence-electron chi connectivity index (χ3n) is 3.18. The van der Waals surface area contributed by atoms with Crippen molar-refractivity contribution in [3.63, 3.8) is 0 Å². The average Bonchev–Trinajstić information content (AvgIpc) is 2.59. The summed E-state index contributed by atoms with van der Waals surface area (Å²) < 4.78 is 10.6. The molecule has 0 aliphatic carbocycles. The zero-order valence-electron chi connectivity index (χ0n) is 13.7. The molecule has 0 saturated carbocycles. The van der Waals surface area contributed by atoms with Crippen LogP contribution in [0.5, 0.6) is 11.5 Å². The van der Waals surface area contributed by atoms with Crippen LogP contribution in [0, 0.1) is 20.2 Å². The van der Waals surface area contributed by atoms with Crippen LogP contribution >= 0.6 is 0 Å². The van der Waals surface area contributed by atoms with E-state index in [1.807, 2.05) is 30.3 Å². The molecule has 0 heterocycles. The molecule has 0 spiro atoms. The quantitative estimate of drug-likeness (QED) is 0.322. The summed E-state index contributed by atoms with van der Waals surface area (Å²) in [6.07, 6.45) is 1.42. The Kier molecular flexibility index (Phi) is 5.99. The molecule has 0 saturated heterocycles. The lowest BCUT2D eigenvalue weighted by atomic mass is 10.1. The molecule has 9 heteroatoms. The molecular formula is C17H14N2O7. The lowest BCUT2D eigenvalue weighted by molar-refractivity contribution is -0.401. The number of hydrogen-bond donors (Lipinski definition) is 0. The molecule has 0 aliphatic rings. The van der Waals surface area contributed by atoms with Crippen molar-refractivity contribution in [1.82, 2.24) is 0 Å². The molecule has 2 aromatic carbocycles. The Bertz CT molecular complexity index is 863. The molecule has 0 fully saturated rings. The van der Waals surface area contributed by atoms with E-state index in [1.54, 1.807) is 0 Å². The third-order valence-corrected chi connectivity index (χ3v) is 3.18. The maximum Gasteiger partial charge on any atom is 0.308 e. The fraction of sp³-hybridized carbons (Fsp3) is 0.118. The lowest BCUT2D eigenvalue weighted by Gasteiger charge is -2.13. The Hall–Kier alpha value is -3.75. The Balaban J connectivity index is 2.49. The van der Waals surface area contributed by atoms with E-state index in [-0.39, 0.29) is 23.7 Å². The van der Waals surface area contributed by atoms with Gasteiger partial charge >= 0.3 is 5.97 Å². The van der Waals surface area contributed by atoms with E-state index < -0.39 is 21.5 Å². The van der Waals surface area contributed by atoms with Gasteiger partial charge in [-0.15, -0.1) is 0 Å². The van der Waals surface area contributed by atoms with Crippen LogP contribution in [-0.2, 0) is 11.4 Å². The molecule has 0 radical (unpaired) electrons. The van der Waals surface area contributed by atoms with E-state index in [0.717, 1.165) is 24.6 Å². The van der Waals surface area contributed by atoms with E-state index in [4.69, 9.17) is 9.47 Å². The molecule has 2 rings (SSSR count). The van der Waals surface area contributed by atoms with Crippen molar-refractivity contribution in [2.75, 3.05) is 0 Å². The van der Waals surface area contributed by atoms with Crippen molar-refractivity contribution in [2.45, 2.75) is 13.5 Å². The SMILES string of the molecule is CC(=O)Oc1c(OCc2ccccc2)ccc([N+](=O)[O-])c1/C=C/[N+](=O)[O-]. The van der Waals surface area contributed by atoms with Gasteiger partial charge in [0, 0.05) is 19.1 Å². The Morgan fingerprint density at radius 3 is 2.38 bits per heavy atom. The second-order valence-electron chi connectivity index (χ2n) is 5.05. The molecular weight excluding hydrogens is 344 g/mol. The van der Waals surface area contributed by atoms with Gasteiger partial charge < -0.3 is 9.47 Å². The molecule has 0 N–H and O–H groups in total. The molecule has 0 aliphatic heterocycles. The van der Waals surface area contributed by atoms with Crippen molar-refractivity contribution in [3.05, 3.63) is 80.0 Å². The Labute approximate surface area is 147 Å². The summed E-state index contributed by atoms with van der Waals surface area (Å²) in [5.74, 6) is -0.941. The summed E-state index contributed by atoms with van der Waals surface area (Å²) >= 11 is 0. The first kappa shape index (κ1) is 18.6. The maximum atomic E-state index is 11.4. The van der Waals surface area contributed by atoms with E-state index in [2.05, 4.69) is 0 Å². The van der Waals surface area contributed by atoms with Gasteiger partial charge in [0.15, 0.2) is 11.5 Å². The zero-order valence-corrected chi connectivity index (χ0v) is 13.7. The third kappa shape index (κ3) is 4.87. The molecule has 9 nitrogen and oxygen atoms in total. The van der Waals surface area contributed by atoms with Crippen LogP contribution in [0.4, 0.5) is 5.69 Å². The predicted octanol–water partition coefficient (Wildman–Crippen LogP) is 3.35. The predicted molar refractivity (Wildman–Crippen MR) is 91.2 cm³/mol. The zero-order chi connectivity index (χ0) is 19.1. The minimum Gasteiger partial charge on any atom is -0.485 e.